The van der Waals surface area contributed by atoms with E-state index in [1.807, 2.05) is 30.5 Å². The van der Waals surface area contributed by atoms with Crippen LogP contribution >= 0.6 is 0 Å². The van der Waals surface area contributed by atoms with E-state index in [-0.39, 0.29) is 12.6 Å². The number of ether oxygens (including phenoxy) is 2. The molecule has 9 nitrogen and oxygen atoms in total. The van der Waals surface area contributed by atoms with Crippen molar-refractivity contribution in [1.29, 1.82) is 0 Å². The molecule has 9 heteroatoms. The first kappa shape index (κ1) is 25.2. The molecule has 2 heterocycles. The zero-order valence-electron chi connectivity index (χ0n) is 21.1. The number of aromatic nitrogens is 4. The van der Waals surface area contributed by atoms with Crippen LogP contribution in [0.4, 0.5) is 11.8 Å². The zero-order chi connectivity index (χ0) is 25.3. The normalized spacial score (nSPS) is 11.9. The van der Waals surface area contributed by atoms with Crippen molar-refractivity contribution in [3.05, 3.63) is 72.1 Å². The minimum Gasteiger partial charge on any atom is -0.497 e. The van der Waals surface area contributed by atoms with E-state index >= 15 is 0 Å². The first-order valence-corrected chi connectivity index (χ1v) is 12.2. The van der Waals surface area contributed by atoms with E-state index < -0.39 is 0 Å². The number of anilines is 2. The summed E-state index contributed by atoms with van der Waals surface area (Å²) in [4.78, 5) is 11.7. The van der Waals surface area contributed by atoms with Crippen molar-refractivity contribution in [3.8, 4) is 11.5 Å². The Hall–Kier alpha value is -3.85. The van der Waals surface area contributed by atoms with Crippen molar-refractivity contribution < 1.29 is 14.6 Å². The van der Waals surface area contributed by atoms with E-state index in [9.17, 15) is 5.11 Å². The predicted molar refractivity (Wildman–Crippen MR) is 141 cm³/mol. The van der Waals surface area contributed by atoms with Gasteiger partial charge in [-0.15, -0.1) is 5.10 Å². The largest absolute Gasteiger partial charge is 0.497 e. The summed E-state index contributed by atoms with van der Waals surface area (Å²) in [7, 11) is 3.33. The Labute approximate surface area is 211 Å². The van der Waals surface area contributed by atoms with Gasteiger partial charge in [0.15, 0.2) is 11.5 Å². The first-order chi connectivity index (χ1) is 17.6. The van der Waals surface area contributed by atoms with Gasteiger partial charge in [-0.2, -0.15) is 4.98 Å². The fourth-order valence-electron chi connectivity index (χ4n) is 4.17. The third kappa shape index (κ3) is 6.23. The number of aliphatic hydroxyl groups excluding tert-OH is 1. The lowest BCUT2D eigenvalue weighted by molar-refractivity contribution is 0.276. The van der Waals surface area contributed by atoms with E-state index in [1.165, 1.54) is 0 Å². The Morgan fingerprint density at radius 3 is 2.08 bits per heavy atom. The van der Waals surface area contributed by atoms with Crippen molar-refractivity contribution in [2.24, 2.45) is 0 Å². The summed E-state index contributed by atoms with van der Waals surface area (Å²) >= 11 is 0. The van der Waals surface area contributed by atoms with Gasteiger partial charge in [0, 0.05) is 38.1 Å². The number of methoxy groups -OCH3 is 2. The van der Waals surface area contributed by atoms with E-state index in [0.717, 1.165) is 41.3 Å². The number of imidazole rings is 1. The van der Waals surface area contributed by atoms with Crippen LogP contribution in [0.15, 0.2) is 60.9 Å². The molecule has 0 spiro atoms. The fourth-order valence-corrected chi connectivity index (χ4v) is 4.17. The van der Waals surface area contributed by atoms with Crippen molar-refractivity contribution >= 4 is 17.4 Å². The van der Waals surface area contributed by atoms with Gasteiger partial charge in [-0.05, 0) is 48.2 Å². The SMILES string of the molecule is CCC[C@@H](CCO)Nc1nc(N(Cc2ccc(OC)cc2)Cc2ccc(OC)cc2)c2nccn2n1. The number of rotatable bonds is 13. The van der Waals surface area contributed by atoms with Crippen LogP contribution in [0.1, 0.15) is 37.3 Å². The number of aliphatic hydroxyl groups is 1. The monoisotopic (exact) mass is 490 g/mol. The highest BCUT2D eigenvalue weighted by molar-refractivity contribution is 5.65. The first-order valence-electron chi connectivity index (χ1n) is 12.2. The van der Waals surface area contributed by atoms with Gasteiger partial charge in [0.25, 0.3) is 0 Å². The maximum absolute atomic E-state index is 9.50. The molecule has 4 aromatic rings. The summed E-state index contributed by atoms with van der Waals surface area (Å²) in [6, 6.07) is 16.2. The summed E-state index contributed by atoms with van der Waals surface area (Å²) < 4.78 is 12.4. The fraction of sp³-hybridized carbons (Fsp3) is 0.370. The predicted octanol–water partition coefficient (Wildman–Crippen LogP) is 4.31. The molecular formula is C27H34N6O3. The second kappa shape index (κ2) is 12.2. The maximum atomic E-state index is 9.50. The zero-order valence-corrected chi connectivity index (χ0v) is 21.1. The molecule has 0 unspecified atom stereocenters. The Kier molecular flexibility index (Phi) is 8.57. The highest BCUT2D eigenvalue weighted by Crippen LogP contribution is 2.25. The van der Waals surface area contributed by atoms with Crippen LogP contribution < -0.4 is 19.7 Å². The highest BCUT2D eigenvalue weighted by atomic mass is 16.5. The minimum absolute atomic E-state index is 0.0884. The molecule has 0 aliphatic carbocycles. The Morgan fingerprint density at radius 2 is 1.56 bits per heavy atom. The van der Waals surface area contributed by atoms with Gasteiger partial charge in [0.05, 0.1) is 14.2 Å². The van der Waals surface area contributed by atoms with Gasteiger partial charge in [0.1, 0.15) is 11.5 Å². The second-order valence-electron chi connectivity index (χ2n) is 8.65. The third-order valence-corrected chi connectivity index (χ3v) is 6.05. The van der Waals surface area contributed by atoms with E-state index in [0.29, 0.717) is 31.1 Å². The van der Waals surface area contributed by atoms with Gasteiger partial charge in [-0.1, -0.05) is 37.6 Å². The number of fused-ring (bicyclic) bond motifs is 1. The number of benzene rings is 2. The lowest BCUT2D eigenvalue weighted by atomic mass is 10.1. The molecular weight excluding hydrogens is 456 g/mol. The Bertz CT molecular complexity index is 1170. The molecule has 0 aliphatic rings. The lowest BCUT2D eigenvalue weighted by Crippen LogP contribution is -2.27. The summed E-state index contributed by atoms with van der Waals surface area (Å²) in [6.07, 6.45) is 6.11. The van der Waals surface area contributed by atoms with E-state index in [2.05, 4.69) is 51.5 Å². The van der Waals surface area contributed by atoms with Crippen LogP contribution in [0.25, 0.3) is 5.65 Å². The smallest absolute Gasteiger partial charge is 0.243 e. The molecule has 0 amide bonds. The number of hydrogen-bond acceptors (Lipinski definition) is 8. The molecule has 0 saturated carbocycles. The van der Waals surface area contributed by atoms with E-state index in [4.69, 9.17) is 14.5 Å². The Balaban J connectivity index is 1.71. The molecule has 36 heavy (non-hydrogen) atoms. The molecule has 2 aromatic heterocycles. The number of hydrogen-bond donors (Lipinski definition) is 2. The quantitative estimate of drug-likeness (QED) is 0.286. The summed E-state index contributed by atoms with van der Waals surface area (Å²) in [6.45, 7) is 3.47. The van der Waals surface area contributed by atoms with Gasteiger partial charge in [-0.25, -0.2) is 9.50 Å². The van der Waals surface area contributed by atoms with Gasteiger partial charge >= 0.3 is 0 Å². The highest BCUT2D eigenvalue weighted by Gasteiger charge is 2.19. The van der Waals surface area contributed by atoms with Crippen molar-refractivity contribution in [3.63, 3.8) is 0 Å². The van der Waals surface area contributed by atoms with Crippen molar-refractivity contribution in [2.75, 3.05) is 31.0 Å². The van der Waals surface area contributed by atoms with Gasteiger partial charge in [0.2, 0.25) is 5.95 Å². The topological polar surface area (TPSA) is 97.0 Å². The molecule has 0 bridgehead atoms. The molecule has 190 valence electrons. The maximum Gasteiger partial charge on any atom is 0.243 e. The molecule has 2 N–H and O–H groups in total. The molecule has 0 fully saturated rings. The van der Waals surface area contributed by atoms with Gasteiger partial charge < -0.3 is 24.8 Å². The average Bonchev–Trinajstić information content (AvgIpc) is 3.38. The minimum atomic E-state index is 0.0884. The summed E-state index contributed by atoms with van der Waals surface area (Å²) in [5.74, 6) is 2.87. The van der Waals surface area contributed by atoms with Crippen molar-refractivity contribution in [1.82, 2.24) is 19.6 Å². The Morgan fingerprint density at radius 1 is 0.944 bits per heavy atom. The van der Waals surface area contributed by atoms with Crippen molar-refractivity contribution in [2.45, 2.75) is 45.3 Å². The summed E-state index contributed by atoms with van der Waals surface area (Å²) in [5.41, 5.74) is 2.91. The molecule has 2 aromatic carbocycles. The van der Waals surface area contributed by atoms with E-state index in [1.54, 1.807) is 24.9 Å². The van der Waals surface area contributed by atoms with Crippen LogP contribution in [0, 0.1) is 0 Å². The van der Waals surface area contributed by atoms with Gasteiger partial charge in [-0.3, -0.25) is 0 Å². The van der Waals surface area contributed by atoms with Crippen LogP contribution in [-0.2, 0) is 13.1 Å². The third-order valence-electron chi connectivity index (χ3n) is 6.05. The van der Waals surface area contributed by atoms with Crippen LogP contribution in [-0.4, -0.2) is 51.6 Å². The standard InChI is InChI=1S/C27H34N6O3/c1-4-5-22(14-17-34)29-27-30-26(25-28-15-16-33(25)31-27)32(18-20-6-10-23(35-2)11-7-20)19-21-8-12-24(36-3)13-9-21/h6-13,15-16,22,34H,4-5,14,17-19H2,1-3H3,(H,29,31)/t22-/m0/s1. The van der Waals surface area contributed by atoms with Crippen LogP contribution in [0.2, 0.25) is 0 Å². The number of nitrogens with zero attached hydrogens (tertiary/aromatic N) is 5. The summed E-state index contributed by atoms with van der Waals surface area (Å²) in [5, 5.41) is 17.6. The molecule has 4 rings (SSSR count). The van der Waals surface area contributed by atoms with Crippen LogP contribution in [0.3, 0.4) is 0 Å². The molecule has 0 radical (unpaired) electrons. The molecule has 0 aliphatic heterocycles. The second-order valence-corrected chi connectivity index (χ2v) is 8.65. The molecule has 0 saturated heterocycles. The van der Waals surface area contributed by atoms with Crippen LogP contribution in [0.5, 0.6) is 11.5 Å². The average molecular weight is 491 g/mol. The lowest BCUT2D eigenvalue weighted by Gasteiger charge is -2.25. The molecule has 1 atom stereocenters. The number of nitrogens with one attached hydrogen (secondary N) is 1.